The summed E-state index contributed by atoms with van der Waals surface area (Å²) in [5, 5.41) is 49.4. The number of para-hydroxylation sites is 1. The van der Waals surface area contributed by atoms with Crippen molar-refractivity contribution in [1.82, 2.24) is 70.2 Å². The number of hydrazone groups is 1. The topological polar surface area (TPSA) is 288 Å². The summed E-state index contributed by atoms with van der Waals surface area (Å²) in [6.07, 6.45) is 17.9. The molecule has 4 radical (unpaired) electrons. The molecule has 0 aliphatic carbocycles. The maximum absolute atomic E-state index is 12.4. The van der Waals surface area contributed by atoms with Crippen molar-refractivity contribution in [3.05, 3.63) is 406 Å². The predicted molar refractivity (Wildman–Crippen MR) is 543 cm³/mol. The van der Waals surface area contributed by atoms with Gasteiger partial charge < -0.3 is 69.6 Å². The second-order valence-electron chi connectivity index (χ2n) is 31.1. The number of carbonyl (C=O) groups is 1. The maximum atomic E-state index is 12.4. The van der Waals surface area contributed by atoms with Crippen molar-refractivity contribution in [2.24, 2.45) is 10.5 Å². The minimum Gasteiger partial charge on any atom is -0.573 e. The summed E-state index contributed by atoms with van der Waals surface area (Å²) < 4.78 is 19.8. The monoisotopic (exact) mass is 2600 g/mol. The van der Waals surface area contributed by atoms with Crippen molar-refractivity contribution in [1.29, 1.82) is 5.26 Å². The number of rotatable bonds is 13. The summed E-state index contributed by atoms with van der Waals surface area (Å²) in [5.41, 5.74) is 14.1. The molecule has 22 nitrogen and oxygen atoms in total. The van der Waals surface area contributed by atoms with Gasteiger partial charge in [0.15, 0.2) is 11.5 Å². The van der Waals surface area contributed by atoms with Gasteiger partial charge in [0.25, 0.3) is 5.91 Å². The van der Waals surface area contributed by atoms with Gasteiger partial charge in [0.2, 0.25) is 5.75 Å². The third-order valence-corrected chi connectivity index (χ3v) is 23.8. The van der Waals surface area contributed by atoms with Crippen LogP contribution in [-0.2, 0) is 85.2 Å². The van der Waals surface area contributed by atoms with Gasteiger partial charge in [-0.05, 0) is 161 Å². The van der Waals surface area contributed by atoms with Crippen LogP contribution < -0.4 is 34.4 Å². The molecule has 0 bridgehead atoms. The molecule has 13 aromatic heterocycles. The SMILES string of the molecule is CC1=NN(c2ccccc2)C(=O)C1=C(O)CC(C)(C)C.COc1cc(-c2cc(-c3ccccn3)[n-]n2)cc(OC)c1OC.N#Cc1ccc(-c2cc(-c3ccccn3)[n-]n2)cc1.[Ir].[Ir].[Ir].[Ir].[c-]1c(-c2ccccn2)sc2ccccc12.[c-]1c(-c2ccccn2)sc2ccccc12.[c-]1c(-c2ccccn2)sc2ccccc12.[c-]1cccc2c1c1nccnc1c1ccccc21.c1ccc(-c2ncc[n-]2)nc1. The summed E-state index contributed by atoms with van der Waals surface area (Å²) in [7, 11) is 4.73. The summed E-state index contributed by atoms with van der Waals surface area (Å²) in [5.74, 6) is 2.22. The molecular weight excluding hydrogens is 2520 g/mol. The van der Waals surface area contributed by atoms with E-state index in [0.29, 0.717) is 63.4 Å². The van der Waals surface area contributed by atoms with E-state index >= 15 is 0 Å². The molecule has 1 aliphatic rings. The van der Waals surface area contributed by atoms with Crippen molar-refractivity contribution >= 4 is 114 Å². The average Bonchev–Trinajstić information content (AvgIpc) is 1.10. The molecule has 23 rings (SSSR count). The molecule has 1 amide bonds. The number of methoxy groups -OCH3 is 3. The molecule has 0 saturated heterocycles. The van der Waals surface area contributed by atoms with Gasteiger partial charge in [-0.3, -0.25) is 24.7 Å². The Kier molecular flexibility index (Phi) is 38.1. The van der Waals surface area contributed by atoms with Crippen LogP contribution in [0.25, 0.3) is 151 Å². The number of aliphatic hydroxyl groups excluding tert-OH is 1. The van der Waals surface area contributed by atoms with Crippen molar-refractivity contribution in [3.63, 3.8) is 0 Å². The number of aromatic nitrogens is 14. The fourth-order valence-corrected chi connectivity index (χ4v) is 17.2. The third-order valence-electron chi connectivity index (χ3n) is 20.6. The Balaban J connectivity index is 0.000000143. The summed E-state index contributed by atoms with van der Waals surface area (Å²) in [6.45, 7) is 7.80. The Bertz CT molecular complexity index is 7230. The Morgan fingerprint density at radius 2 is 0.850 bits per heavy atom. The molecule has 140 heavy (non-hydrogen) atoms. The third kappa shape index (κ3) is 26.7. The van der Waals surface area contributed by atoms with Crippen molar-refractivity contribution < 1.29 is 105 Å². The maximum Gasteiger partial charge on any atom is 0.284 e. The van der Waals surface area contributed by atoms with E-state index in [0.717, 1.165) is 93.1 Å². The predicted octanol–water partition coefficient (Wildman–Crippen LogP) is 25.2. The molecule has 0 unspecified atom stereocenters. The smallest absolute Gasteiger partial charge is 0.284 e. The number of nitriles is 1. The fraction of sp³-hybridized carbons (Fsp3) is 0.0811. The molecule has 0 spiro atoms. The Morgan fingerprint density at radius 1 is 0.429 bits per heavy atom. The number of ether oxygens (including phenoxy) is 3. The van der Waals surface area contributed by atoms with Crippen LogP contribution in [-0.4, -0.2) is 93.1 Å². The molecule has 1 aliphatic heterocycles. The second kappa shape index (κ2) is 51.2. The molecule has 0 fully saturated rings. The number of hydrogen-bond acceptors (Lipinski definition) is 21. The quantitative estimate of drug-likeness (QED) is 0.0485. The van der Waals surface area contributed by atoms with Crippen LogP contribution in [0.3, 0.4) is 0 Å². The van der Waals surface area contributed by atoms with Gasteiger partial charge in [0.05, 0.1) is 55.6 Å². The van der Waals surface area contributed by atoms with Gasteiger partial charge in [-0.25, -0.2) is 34.0 Å². The van der Waals surface area contributed by atoms with Crippen LogP contribution in [0, 0.1) is 41.0 Å². The zero-order valence-electron chi connectivity index (χ0n) is 76.1. The van der Waals surface area contributed by atoms with E-state index in [4.69, 9.17) is 19.5 Å². The fourth-order valence-electron chi connectivity index (χ4n) is 14.2. The van der Waals surface area contributed by atoms with E-state index in [1.165, 1.54) is 46.0 Å². The standard InChI is InChI=1S/C17H16N3O3.C16H20N2O2.C16H9N2.C15H9N4.3C13H8NS.C8H6N3.4Ir/c1-21-15-8-11(9-16(22-2)17(15)23-3)13-10-14(20-19-13)12-6-4-5-7-18-12;1-11-14(13(19)10-16(2,3)4)15(20)18(17-11)12-8-6-5-7-9-12;1-3-7-13-11(5-1)12-6-2-4-8-14(12)16-15(13)17-9-10-18-16;16-10-11-4-6-12(7-5-11)14-9-15(19-18-14)13-3-1-2-8-17-13;3*1-2-7-12-10(5-1)9-13(15-12)11-6-3-4-8-14-11;1-2-4-9-7(3-1)8-10-5-6-11-8;;;;/h4-10H,1-3H3;5-9,19H,10H2,1-4H3;1-7,9-10H;1-9H;3*1-8H;1-6H;;;;/q-1;;6*-1;;;;. The molecule has 9 aromatic carbocycles. The van der Waals surface area contributed by atoms with E-state index in [9.17, 15) is 9.90 Å². The van der Waals surface area contributed by atoms with Crippen LogP contribution >= 0.6 is 34.0 Å². The minimum absolute atomic E-state index is 0. The van der Waals surface area contributed by atoms with Crippen LogP contribution in [0.4, 0.5) is 5.69 Å². The number of carbonyl (C=O) groups excluding carboxylic acids is 1. The zero-order chi connectivity index (χ0) is 94.0. The molecule has 14 heterocycles. The van der Waals surface area contributed by atoms with Gasteiger partial charge >= 0.3 is 0 Å². The van der Waals surface area contributed by atoms with Gasteiger partial charge in [-0.15, -0.1) is 100 Å². The van der Waals surface area contributed by atoms with Gasteiger partial charge in [-0.2, -0.15) is 15.4 Å². The van der Waals surface area contributed by atoms with E-state index in [1.807, 2.05) is 252 Å². The molecule has 29 heteroatoms. The van der Waals surface area contributed by atoms with E-state index in [2.05, 4.69) is 185 Å². The summed E-state index contributed by atoms with van der Waals surface area (Å²) >= 11 is 5.20. The van der Waals surface area contributed by atoms with E-state index < -0.39 is 0 Å². The number of fused-ring (bicyclic) bond motifs is 9. The Labute approximate surface area is 875 Å². The van der Waals surface area contributed by atoms with Crippen molar-refractivity contribution in [2.75, 3.05) is 26.3 Å². The number of allylic oxidation sites excluding steroid dienone is 1. The number of amides is 1. The number of hydrogen-bond donors (Lipinski definition) is 1. The van der Waals surface area contributed by atoms with Crippen molar-refractivity contribution in [3.8, 4) is 112 Å². The van der Waals surface area contributed by atoms with Crippen LogP contribution in [0.5, 0.6) is 17.2 Å². The summed E-state index contributed by atoms with van der Waals surface area (Å²) in [4.78, 5) is 58.3. The number of nitrogens with zero attached hydrogens (tertiary/aromatic N) is 17. The number of aliphatic hydroxyl groups is 1. The van der Waals surface area contributed by atoms with Crippen LogP contribution in [0.15, 0.2) is 382 Å². The first-order valence-electron chi connectivity index (χ1n) is 42.9. The first-order valence-corrected chi connectivity index (χ1v) is 45.3. The number of anilines is 1. The number of imidazole rings is 1. The average molecular weight is 2600 g/mol. The van der Waals surface area contributed by atoms with E-state index in [-0.39, 0.29) is 97.5 Å². The van der Waals surface area contributed by atoms with Gasteiger partial charge in [-0.1, -0.05) is 201 Å². The number of pyridine rings is 6. The summed E-state index contributed by atoms with van der Waals surface area (Å²) in [6, 6.07) is 113. The first kappa shape index (κ1) is 104. The largest absolute Gasteiger partial charge is 0.573 e. The van der Waals surface area contributed by atoms with E-state index in [1.54, 1.807) is 118 Å². The van der Waals surface area contributed by atoms with Crippen LogP contribution in [0.1, 0.15) is 39.7 Å². The Morgan fingerprint density at radius 3 is 1.28 bits per heavy atom. The zero-order valence-corrected chi connectivity index (χ0v) is 88.1. The number of thiophene rings is 3. The van der Waals surface area contributed by atoms with Crippen molar-refractivity contribution in [2.45, 2.75) is 34.1 Å². The molecule has 22 aromatic rings. The van der Waals surface area contributed by atoms with Crippen LogP contribution in [0.2, 0.25) is 0 Å². The van der Waals surface area contributed by atoms with Gasteiger partial charge in [0.1, 0.15) is 11.3 Å². The molecule has 0 saturated carbocycles. The molecule has 704 valence electrons. The Hall–Kier alpha value is -14.6. The normalized spacial score (nSPS) is 11.3. The second-order valence-corrected chi connectivity index (χ2v) is 34.3. The molecule has 1 N–H and O–H groups in total. The minimum atomic E-state index is -0.268. The molecule has 0 atom stereocenters. The van der Waals surface area contributed by atoms with Gasteiger partial charge in [0, 0.05) is 187 Å². The first-order chi connectivity index (χ1) is 66.6. The number of benzene rings is 9. The molecular formula is C111H84Ir4N17O5S3-7.